The van der Waals surface area contributed by atoms with Crippen molar-refractivity contribution in [2.75, 3.05) is 20.0 Å². The van der Waals surface area contributed by atoms with Crippen molar-refractivity contribution in [3.05, 3.63) is 23.8 Å². The van der Waals surface area contributed by atoms with Crippen LogP contribution in [0.25, 0.3) is 0 Å². The molecule has 0 unspecified atom stereocenters. The predicted octanol–water partition coefficient (Wildman–Crippen LogP) is 1.50. The fourth-order valence-electron chi connectivity index (χ4n) is 1.89. The Morgan fingerprint density at radius 3 is 3.12 bits per heavy atom. The monoisotopic (exact) mass is 232 g/mol. The molecule has 17 heavy (non-hydrogen) atoms. The molecule has 2 heterocycles. The molecule has 1 saturated heterocycles. The van der Waals surface area contributed by atoms with Crippen LogP contribution in [0.2, 0.25) is 0 Å². The van der Waals surface area contributed by atoms with E-state index in [4.69, 9.17) is 25.4 Å². The van der Waals surface area contributed by atoms with Gasteiger partial charge in [0.25, 0.3) is 0 Å². The van der Waals surface area contributed by atoms with Crippen LogP contribution in [0, 0.1) is 12.3 Å². The third-order valence-electron chi connectivity index (χ3n) is 2.78. The lowest BCUT2D eigenvalue weighted by Crippen LogP contribution is -2.02. The third-order valence-corrected chi connectivity index (χ3v) is 2.78. The Balaban J connectivity index is 1.61. The summed E-state index contributed by atoms with van der Waals surface area (Å²) in [4.78, 5) is 0. The number of ether oxygens (including phenoxy) is 4. The highest BCUT2D eigenvalue weighted by Gasteiger charge is 2.40. The number of fused-ring (bicyclic) bond motifs is 1. The summed E-state index contributed by atoms with van der Waals surface area (Å²) < 4.78 is 21.3. The number of epoxide rings is 1. The second-order valence-corrected chi connectivity index (χ2v) is 3.93. The van der Waals surface area contributed by atoms with Crippen LogP contribution in [0.1, 0.15) is 11.7 Å². The molecule has 2 aliphatic heterocycles. The minimum Gasteiger partial charge on any atom is -0.454 e. The van der Waals surface area contributed by atoms with Crippen LogP contribution in [0.15, 0.2) is 18.2 Å². The molecule has 2 atom stereocenters. The maximum Gasteiger partial charge on any atom is 0.231 e. The lowest BCUT2D eigenvalue weighted by atomic mass is 10.1. The molecule has 0 bridgehead atoms. The van der Waals surface area contributed by atoms with E-state index in [1.54, 1.807) is 0 Å². The summed E-state index contributed by atoms with van der Waals surface area (Å²) in [7, 11) is 0. The van der Waals surface area contributed by atoms with Crippen LogP contribution in [0.5, 0.6) is 11.5 Å². The Hall–Kier alpha value is -1.70. The molecule has 1 aromatic rings. The Morgan fingerprint density at radius 1 is 1.35 bits per heavy atom. The van der Waals surface area contributed by atoms with Crippen molar-refractivity contribution in [2.24, 2.45) is 0 Å². The number of benzene rings is 1. The molecule has 0 N–H and O–H groups in total. The van der Waals surface area contributed by atoms with Crippen molar-refractivity contribution in [1.29, 1.82) is 0 Å². The van der Waals surface area contributed by atoms with E-state index in [0.29, 0.717) is 20.0 Å². The van der Waals surface area contributed by atoms with Crippen molar-refractivity contribution in [1.82, 2.24) is 0 Å². The van der Waals surface area contributed by atoms with Gasteiger partial charge in [0.1, 0.15) is 18.8 Å². The van der Waals surface area contributed by atoms with Crippen LogP contribution < -0.4 is 9.47 Å². The van der Waals surface area contributed by atoms with E-state index in [0.717, 1.165) is 17.1 Å². The van der Waals surface area contributed by atoms with Crippen LogP contribution in [-0.2, 0) is 9.47 Å². The maximum absolute atomic E-state index is 5.52. The van der Waals surface area contributed by atoms with E-state index < -0.39 is 0 Å². The van der Waals surface area contributed by atoms with Crippen LogP contribution in [-0.4, -0.2) is 26.1 Å². The van der Waals surface area contributed by atoms with Gasteiger partial charge in [0.15, 0.2) is 11.5 Å². The van der Waals surface area contributed by atoms with Gasteiger partial charge in [-0.05, 0) is 17.7 Å². The number of terminal acetylenes is 1. The Labute approximate surface area is 99.4 Å². The third kappa shape index (κ3) is 2.07. The van der Waals surface area contributed by atoms with Crippen molar-refractivity contribution in [3.63, 3.8) is 0 Å². The average Bonchev–Trinajstić information content (AvgIpc) is 2.97. The van der Waals surface area contributed by atoms with Gasteiger partial charge in [0.2, 0.25) is 6.79 Å². The van der Waals surface area contributed by atoms with Gasteiger partial charge >= 0.3 is 0 Å². The summed E-state index contributed by atoms with van der Waals surface area (Å²) in [5.74, 6) is 3.99. The van der Waals surface area contributed by atoms with Crippen molar-refractivity contribution >= 4 is 0 Å². The van der Waals surface area contributed by atoms with Crippen molar-refractivity contribution in [2.45, 2.75) is 12.2 Å². The zero-order chi connectivity index (χ0) is 11.7. The lowest BCUT2D eigenvalue weighted by molar-refractivity contribution is 0.145. The van der Waals surface area contributed by atoms with E-state index in [2.05, 4.69) is 5.92 Å². The van der Waals surface area contributed by atoms with Crippen LogP contribution in [0.3, 0.4) is 0 Å². The average molecular weight is 232 g/mol. The van der Waals surface area contributed by atoms with Gasteiger partial charge in [-0.1, -0.05) is 12.0 Å². The van der Waals surface area contributed by atoms with Crippen molar-refractivity contribution in [3.8, 4) is 23.8 Å². The first kappa shape index (κ1) is 10.5. The van der Waals surface area contributed by atoms with Crippen molar-refractivity contribution < 1.29 is 18.9 Å². The van der Waals surface area contributed by atoms with Crippen LogP contribution in [0.4, 0.5) is 0 Å². The topological polar surface area (TPSA) is 40.2 Å². The Morgan fingerprint density at radius 2 is 2.24 bits per heavy atom. The van der Waals surface area contributed by atoms with Gasteiger partial charge in [0, 0.05) is 0 Å². The zero-order valence-electron chi connectivity index (χ0n) is 9.22. The molecular weight excluding hydrogens is 220 g/mol. The highest BCUT2D eigenvalue weighted by atomic mass is 16.7. The van der Waals surface area contributed by atoms with E-state index in [-0.39, 0.29) is 12.2 Å². The SMILES string of the molecule is C#CCOC[C@@H]1O[C@H]1c1ccc2c(c1)OCO2. The van der Waals surface area contributed by atoms with E-state index >= 15 is 0 Å². The number of rotatable bonds is 4. The molecular formula is C13H12O4. The Bertz CT molecular complexity index is 463. The highest BCUT2D eigenvalue weighted by molar-refractivity contribution is 5.45. The zero-order valence-corrected chi connectivity index (χ0v) is 9.22. The van der Waals surface area contributed by atoms with Gasteiger partial charge in [-0.25, -0.2) is 0 Å². The molecule has 0 aromatic heterocycles. The molecule has 3 rings (SSSR count). The predicted molar refractivity (Wildman–Crippen MR) is 59.8 cm³/mol. The molecule has 1 fully saturated rings. The number of hydrogen-bond acceptors (Lipinski definition) is 4. The smallest absolute Gasteiger partial charge is 0.231 e. The summed E-state index contributed by atoms with van der Waals surface area (Å²) in [5.41, 5.74) is 1.09. The molecule has 0 saturated carbocycles. The first-order valence-electron chi connectivity index (χ1n) is 5.44. The molecule has 0 spiro atoms. The highest BCUT2D eigenvalue weighted by Crippen LogP contribution is 2.42. The minimum absolute atomic E-state index is 0.0854. The van der Waals surface area contributed by atoms with Gasteiger partial charge in [0.05, 0.1) is 6.61 Å². The minimum atomic E-state index is 0.0854. The Kier molecular flexibility index (Phi) is 2.63. The van der Waals surface area contributed by atoms with E-state index in [9.17, 15) is 0 Å². The summed E-state index contributed by atoms with van der Waals surface area (Å²) in [6, 6.07) is 5.84. The summed E-state index contributed by atoms with van der Waals surface area (Å²) in [6.07, 6.45) is 5.28. The summed E-state index contributed by atoms with van der Waals surface area (Å²) in [5, 5.41) is 0. The largest absolute Gasteiger partial charge is 0.454 e. The second kappa shape index (κ2) is 4.28. The molecule has 1 aromatic carbocycles. The second-order valence-electron chi connectivity index (χ2n) is 3.93. The first-order valence-corrected chi connectivity index (χ1v) is 5.44. The number of hydrogen-bond donors (Lipinski definition) is 0. The molecule has 88 valence electrons. The summed E-state index contributed by atoms with van der Waals surface area (Å²) in [6.45, 7) is 1.15. The normalized spacial score (nSPS) is 24.4. The van der Waals surface area contributed by atoms with Gasteiger partial charge < -0.3 is 18.9 Å². The van der Waals surface area contributed by atoms with Crippen LogP contribution >= 0.6 is 0 Å². The molecule has 0 amide bonds. The maximum atomic E-state index is 5.52. The van der Waals surface area contributed by atoms with E-state index in [1.165, 1.54) is 0 Å². The molecule has 0 aliphatic carbocycles. The van der Waals surface area contributed by atoms with E-state index in [1.807, 2.05) is 18.2 Å². The molecule has 4 nitrogen and oxygen atoms in total. The van der Waals surface area contributed by atoms with Gasteiger partial charge in [-0.15, -0.1) is 6.42 Å². The fourth-order valence-corrected chi connectivity index (χ4v) is 1.89. The first-order chi connectivity index (χ1) is 8.38. The molecule has 4 heteroatoms. The van der Waals surface area contributed by atoms with Gasteiger partial charge in [-0.2, -0.15) is 0 Å². The fraction of sp³-hybridized carbons (Fsp3) is 0.385. The molecule has 0 radical (unpaired) electrons. The summed E-state index contributed by atoms with van der Waals surface area (Å²) >= 11 is 0. The molecule has 2 aliphatic rings. The standard InChI is InChI=1S/C13H12O4/c1-2-5-14-7-12-13(17-12)9-3-4-10-11(6-9)16-8-15-10/h1,3-4,6,12-13H,5,7-8H2/t12-,13-/m0/s1. The quantitative estimate of drug-likeness (QED) is 0.448. The van der Waals surface area contributed by atoms with Gasteiger partial charge in [-0.3, -0.25) is 0 Å². The lowest BCUT2D eigenvalue weighted by Gasteiger charge is -1.99.